The lowest BCUT2D eigenvalue weighted by molar-refractivity contribution is 0.0696. The van der Waals surface area contributed by atoms with Crippen molar-refractivity contribution in [3.63, 3.8) is 0 Å². The number of benzene rings is 1. The number of carbonyl (C=O) groups is 1. The van der Waals surface area contributed by atoms with Gasteiger partial charge in [-0.25, -0.2) is 4.79 Å². The number of aromatic carboxylic acids is 1. The van der Waals surface area contributed by atoms with Gasteiger partial charge in [0.25, 0.3) is 5.56 Å². The number of rotatable bonds is 2. The van der Waals surface area contributed by atoms with Crippen LogP contribution in [-0.4, -0.2) is 20.4 Å². The standard InChI is InChI=1S/C12H12N2O3/c1-13-10(8-6-4-3-5-7-8)9(12(16)17)11(15)14(13)2/h3-7H,1-2H3,(H,16,17). The Morgan fingerprint density at radius 1 is 1.12 bits per heavy atom. The Morgan fingerprint density at radius 3 is 2.24 bits per heavy atom. The highest BCUT2D eigenvalue weighted by Crippen LogP contribution is 2.21. The second-order valence-corrected chi connectivity index (χ2v) is 3.75. The highest BCUT2D eigenvalue weighted by molar-refractivity contribution is 5.94. The minimum absolute atomic E-state index is 0.193. The van der Waals surface area contributed by atoms with Crippen LogP contribution >= 0.6 is 0 Å². The van der Waals surface area contributed by atoms with Crippen LogP contribution in [0.25, 0.3) is 11.3 Å². The third-order valence-corrected chi connectivity index (χ3v) is 2.78. The molecule has 0 saturated carbocycles. The average Bonchev–Trinajstić information content (AvgIpc) is 2.55. The van der Waals surface area contributed by atoms with E-state index >= 15 is 0 Å². The van der Waals surface area contributed by atoms with Crippen LogP contribution in [0.2, 0.25) is 0 Å². The topological polar surface area (TPSA) is 64.2 Å². The molecule has 88 valence electrons. The van der Waals surface area contributed by atoms with Crippen molar-refractivity contribution < 1.29 is 9.90 Å². The molecule has 2 aromatic rings. The van der Waals surface area contributed by atoms with E-state index in [2.05, 4.69) is 0 Å². The summed E-state index contributed by atoms with van der Waals surface area (Å²) in [5, 5.41) is 9.12. The molecule has 2 rings (SSSR count). The van der Waals surface area contributed by atoms with Crippen molar-refractivity contribution in [2.24, 2.45) is 14.1 Å². The van der Waals surface area contributed by atoms with Gasteiger partial charge in [-0.1, -0.05) is 30.3 Å². The predicted octanol–water partition coefficient (Wildman–Crippen LogP) is 1.09. The second-order valence-electron chi connectivity index (χ2n) is 3.75. The van der Waals surface area contributed by atoms with Crippen LogP contribution in [0, 0.1) is 0 Å². The summed E-state index contributed by atoms with van der Waals surface area (Å²) in [4.78, 5) is 22.9. The van der Waals surface area contributed by atoms with Gasteiger partial charge in [0.1, 0.15) is 0 Å². The molecule has 0 radical (unpaired) electrons. The molecular weight excluding hydrogens is 220 g/mol. The fraction of sp³-hybridized carbons (Fsp3) is 0.167. The van der Waals surface area contributed by atoms with E-state index in [0.717, 1.165) is 0 Å². The molecule has 5 heteroatoms. The lowest BCUT2D eigenvalue weighted by Crippen LogP contribution is -2.20. The van der Waals surface area contributed by atoms with Crippen molar-refractivity contribution in [3.8, 4) is 11.3 Å². The zero-order chi connectivity index (χ0) is 12.6. The van der Waals surface area contributed by atoms with E-state index in [0.29, 0.717) is 11.3 Å². The summed E-state index contributed by atoms with van der Waals surface area (Å²) >= 11 is 0. The Morgan fingerprint density at radius 2 is 1.71 bits per heavy atom. The Balaban J connectivity index is 2.82. The molecule has 1 aromatic heterocycles. The molecule has 0 bridgehead atoms. The maximum atomic E-state index is 11.8. The van der Waals surface area contributed by atoms with Gasteiger partial charge in [0.2, 0.25) is 0 Å². The molecule has 17 heavy (non-hydrogen) atoms. The van der Waals surface area contributed by atoms with Gasteiger partial charge in [-0.15, -0.1) is 0 Å². The zero-order valence-electron chi connectivity index (χ0n) is 9.54. The Hall–Kier alpha value is -2.30. The summed E-state index contributed by atoms with van der Waals surface area (Å²) in [6.45, 7) is 0. The number of carboxylic acid groups (broad SMARTS) is 1. The van der Waals surface area contributed by atoms with Crippen LogP contribution in [0.4, 0.5) is 0 Å². The lowest BCUT2D eigenvalue weighted by Gasteiger charge is -2.06. The molecule has 0 fully saturated rings. The van der Waals surface area contributed by atoms with Gasteiger partial charge in [0.05, 0.1) is 5.69 Å². The van der Waals surface area contributed by atoms with E-state index in [1.165, 1.54) is 4.68 Å². The maximum Gasteiger partial charge on any atom is 0.343 e. The molecule has 0 saturated heterocycles. The highest BCUT2D eigenvalue weighted by Gasteiger charge is 2.22. The van der Waals surface area contributed by atoms with E-state index in [1.807, 2.05) is 6.07 Å². The minimum atomic E-state index is -1.20. The normalized spacial score (nSPS) is 10.5. The Labute approximate surface area is 97.5 Å². The monoisotopic (exact) mass is 232 g/mol. The van der Waals surface area contributed by atoms with Crippen molar-refractivity contribution in [1.29, 1.82) is 0 Å². The SMILES string of the molecule is Cn1c(-c2ccccc2)c(C(=O)O)c(=O)n1C. The van der Waals surface area contributed by atoms with E-state index in [-0.39, 0.29) is 5.56 Å². The molecule has 0 unspecified atom stereocenters. The van der Waals surface area contributed by atoms with E-state index in [9.17, 15) is 9.59 Å². The number of nitrogens with zero attached hydrogens (tertiary/aromatic N) is 2. The summed E-state index contributed by atoms with van der Waals surface area (Å²) in [5.41, 5.74) is 0.441. The van der Waals surface area contributed by atoms with Gasteiger partial charge in [-0.2, -0.15) is 0 Å². The summed E-state index contributed by atoms with van der Waals surface area (Å²) in [6, 6.07) is 9.00. The highest BCUT2D eigenvalue weighted by atomic mass is 16.4. The van der Waals surface area contributed by atoms with Crippen molar-refractivity contribution >= 4 is 5.97 Å². The second kappa shape index (κ2) is 3.93. The third kappa shape index (κ3) is 1.65. The van der Waals surface area contributed by atoms with Crippen LogP contribution in [-0.2, 0) is 14.1 Å². The number of hydrogen-bond acceptors (Lipinski definition) is 2. The van der Waals surface area contributed by atoms with Crippen LogP contribution in [0.1, 0.15) is 10.4 Å². The van der Waals surface area contributed by atoms with E-state index < -0.39 is 11.5 Å². The summed E-state index contributed by atoms with van der Waals surface area (Å²) < 4.78 is 2.83. The van der Waals surface area contributed by atoms with E-state index in [4.69, 9.17) is 5.11 Å². The van der Waals surface area contributed by atoms with Gasteiger partial charge in [-0.3, -0.25) is 14.2 Å². The van der Waals surface area contributed by atoms with Crippen LogP contribution in [0.5, 0.6) is 0 Å². The first-order valence-electron chi connectivity index (χ1n) is 5.08. The van der Waals surface area contributed by atoms with E-state index in [1.54, 1.807) is 43.0 Å². The van der Waals surface area contributed by atoms with Gasteiger partial charge >= 0.3 is 5.97 Å². The average molecular weight is 232 g/mol. The van der Waals surface area contributed by atoms with Gasteiger partial charge < -0.3 is 5.11 Å². The molecule has 5 nitrogen and oxygen atoms in total. The largest absolute Gasteiger partial charge is 0.477 e. The molecule has 0 aliphatic rings. The molecule has 0 spiro atoms. The number of aromatic nitrogens is 2. The zero-order valence-corrected chi connectivity index (χ0v) is 9.54. The minimum Gasteiger partial charge on any atom is -0.477 e. The molecule has 1 aromatic carbocycles. The van der Waals surface area contributed by atoms with Crippen LogP contribution in [0.15, 0.2) is 35.1 Å². The molecule has 1 heterocycles. The Bertz CT molecular complexity index is 623. The summed E-state index contributed by atoms with van der Waals surface area (Å²) in [6.07, 6.45) is 0. The Kier molecular flexibility index (Phi) is 2.59. The molecule has 0 atom stereocenters. The quantitative estimate of drug-likeness (QED) is 0.842. The molecule has 1 N–H and O–H groups in total. The number of carboxylic acids is 1. The van der Waals surface area contributed by atoms with Crippen molar-refractivity contribution in [2.75, 3.05) is 0 Å². The number of hydrogen-bond donors (Lipinski definition) is 1. The first-order chi connectivity index (χ1) is 8.04. The van der Waals surface area contributed by atoms with Gasteiger partial charge in [0.15, 0.2) is 5.56 Å². The molecular formula is C12H12N2O3. The first-order valence-corrected chi connectivity index (χ1v) is 5.08. The molecule has 0 amide bonds. The van der Waals surface area contributed by atoms with Crippen LogP contribution in [0.3, 0.4) is 0 Å². The van der Waals surface area contributed by atoms with Gasteiger partial charge in [0, 0.05) is 19.7 Å². The maximum absolute atomic E-state index is 11.8. The molecule has 0 aliphatic heterocycles. The summed E-state index contributed by atoms with van der Waals surface area (Å²) in [5.74, 6) is -1.20. The smallest absolute Gasteiger partial charge is 0.343 e. The van der Waals surface area contributed by atoms with Gasteiger partial charge in [-0.05, 0) is 0 Å². The first kappa shape index (κ1) is 11.2. The van der Waals surface area contributed by atoms with Crippen LogP contribution < -0.4 is 5.56 Å². The molecule has 0 aliphatic carbocycles. The fourth-order valence-electron chi connectivity index (χ4n) is 1.83. The third-order valence-electron chi connectivity index (χ3n) is 2.78. The summed E-state index contributed by atoms with van der Waals surface area (Å²) in [7, 11) is 3.21. The lowest BCUT2D eigenvalue weighted by atomic mass is 10.1. The fourth-order valence-corrected chi connectivity index (χ4v) is 1.83. The van der Waals surface area contributed by atoms with Crippen molar-refractivity contribution in [1.82, 2.24) is 9.36 Å². The van der Waals surface area contributed by atoms with Crippen molar-refractivity contribution in [2.45, 2.75) is 0 Å². The predicted molar refractivity (Wildman–Crippen MR) is 63.0 cm³/mol. The van der Waals surface area contributed by atoms with Crippen molar-refractivity contribution in [3.05, 3.63) is 46.2 Å².